The third-order valence-corrected chi connectivity index (χ3v) is 4.73. The van der Waals surface area contributed by atoms with E-state index < -0.39 is 24.7 Å². The van der Waals surface area contributed by atoms with E-state index in [1.807, 2.05) is 0 Å². The van der Waals surface area contributed by atoms with Crippen molar-refractivity contribution in [1.29, 1.82) is 0 Å². The van der Waals surface area contributed by atoms with E-state index in [1.54, 1.807) is 18.2 Å². The lowest BCUT2D eigenvalue weighted by Crippen LogP contribution is -2.48. The minimum absolute atomic E-state index is 0.0272. The fourth-order valence-corrected chi connectivity index (χ4v) is 3.29. The van der Waals surface area contributed by atoms with Gasteiger partial charge in [0.15, 0.2) is 0 Å². The van der Waals surface area contributed by atoms with Crippen molar-refractivity contribution in [3.8, 4) is 22.8 Å². The number of ether oxygens (including phenoxy) is 3. The van der Waals surface area contributed by atoms with E-state index in [9.17, 15) is 18.0 Å². The maximum Gasteiger partial charge on any atom is 0.406 e. The molecule has 29 heavy (non-hydrogen) atoms. The third kappa shape index (κ3) is 5.00. The number of hydrogen-bond acceptors (Lipinski definition) is 5. The zero-order valence-electron chi connectivity index (χ0n) is 16.1. The molecule has 1 saturated heterocycles. The van der Waals surface area contributed by atoms with Crippen LogP contribution in [-0.2, 0) is 4.74 Å². The van der Waals surface area contributed by atoms with Crippen LogP contribution < -0.4 is 9.47 Å². The third-order valence-electron chi connectivity index (χ3n) is 4.73. The summed E-state index contributed by atoms with van der Waals surface area (Å²) in [5.74, 6) is 0.292. The molecule has 7 nitrogen and oxygen atoms in total. The summed E-state index contributed by atoms with van der Waals surface area (Å²) in [7, 11) is 2.99. The number of aromatic amines is 1. The van der Waals surface area contributed by atoms with Crippen molar-refractivity contribution < 1.29 is 32.2 Å². The van der Waals surface area contributed by atoms with E-state index in [0.29, 0.717) is 48.8 Å². The SMILES string of the molecule is COc1ccc(OC)c(-c2cc(C(=O)N(CC(F)(F)F)C3CCOCC3)[nH]n2)c1. The number of methoxy groups -OCH3 is 2. The van der Waals surface area contributed by atoms with Gasteiger partial charge in [0.05, 0.1) is 19.9 Å². The second-order valence-electron chi connectivity index (χ2n) is 6.62. The normalized spacial score (nSPS) is 15.2. The molecular formula is C19H22F3N3O4. The van der Waals surface area contributed by atoms with E-state index in [1.165, 1.54) is 20.3 Å². The molecule has 10 heteroatoms. The van der Waals surface area contributed by atoms with Crippen LogP contribution >= 0.6 is 0 Å². The molecule has 1 fully saturated rings. The van der Waals surface area contributed by atoms with Gasteiger partial charge in [0, 0.05) is 24.8 Å². The zero-order chi connectivity index (χ0) is 21.0. The molecule has 0 bridgehead atoms. The van der Waals surface area contributed by atoms with E-state index >= 15 is 0 Å². The van der Waals surface area contributed by atoms with E-state index in [-0.39, 0.29) is 5.69 Å². The Bertz CT molecular complexity index is 847. The van der Waals surface area contributed by atoms with Gasteiger partial charge in [-0.05, 0) is 37.1 Å². The molecule has 2 heterocycles. The first-order valence-electron chi connectivity index (χ1n) is 9.05. The van der Waals surface area contributed by atoms with Gasteiger partial charge in [-0.1, -0.05) is 0 Å². The molecule has 158 valence electrons. The van der Waals surface area contributed by atoms with Gasteiger partial charge in [0.1, 0.15) is 23.7 Å². The summed E-state index contributed by atoms with van der Waals surface area (Å²) < 4.78 is 55.0. The highest BCUT2D eigenvalue weighted by Gasteiger charge is 2.38. The van der Waals surface area contributed by atoms with E-state index in [2.05, 4.69) is 10.2 Å². The molecule has 2 aromatic rings. The number of alkyl halides is 3. The van der Waals surface area contributed by atoms with Crippen molar-refractivity contribution in [1.82, 2.24) is 15.1 Å². The minimum atomic E-state index is -4.51. The molecule has 1 aliphatic heterocycles. The first-order chi connectivity index (χ1) is 13.8. The van der Waals surface area contributed by atoms with Crippen LogP contribution in [-0.4, -0.2) is 67.2 Å². The summed E-state index contributed by atoms with van der Waals surface area (Å²) in [5, 5.41) is 6.66. The van der Waals surface area contributed by atoms with E-state index in [0.717, 1.165) is 4.90 Å². The number of nitrogens with one attached hydrogen (secondary N) is 1. The summed E-state index contributed by atoms with van der Waals surface area (Å²) in [6, 6.07) is 5.94. The Kier molecular flexibility index (Phi) is 6.31. The molecule has 0 spiro atoms. The molecule has 1 amide bonds. The number of benzene rings is 1. The summed E-state index contributed by atoms with van der Waals surface area (Å²) in [5.41, 5.74) is 0.888. The smallest absolute Gasteiger partial charge is 0.406 e. The van der Waals surface area contributed by atoms with Crippen molar-refractivity contribution in [2.75, 3.05) is 34.0 Å². The van der Waals surface area contributed by atoms with Crippen molar-refractivity contribution in [2.45, 2.75) is 25.1 Å². The zero-order valence-corrected chi connectivity index (χ0v) is 16.1. The Morgan fingerprint density at radius 3 is 2.59 bits per heavy atom. The van der Waals surface area contributed by atoms with Gasteiger partial charge in [-0.2, -0.15) is 18.3 Å². The molecule has 1 aromatic carbocycles. The maximum atomic E-state index is 13.1. The Morgan fingerprint density at radius 1 is 1.24 bits per heavy atom. The summed E-state index contributed by atoms with van der Waals surface area (Å²) in [6.45, 7) is -0.684. The maximum absolute atomic E-state index is 13.1. The van der Waals surface area contributed by atoms with Gasteiger partial charge < -0.3 is 19.1 Å². The molecule has 0 aliphatic carbocycles. The molecule has 0 saturated carbocycles. The van der Waals surface area contributed by atoms with Gasteiger partial charge in [-0.15, -0.1) is 0 Å². The van der Waals surface area contributed by atoms with Gasteiger partial charge in [-0.25, -0.2) is 0 Å². The number of aromatic nitrogens is 2. The lowest BCUT2D eigenvalue weighted by molar-refractivity contribution is -0.147. The predicted molar refractivity (Wildman–Crippen MR) is 98.1 cm³/mol. The van der Waals surface area contributed by atoms with Crippen molar-refractivity contribution >= 4 is 5.91 Å². The molecule has 1 N–H and O–H groups in total. The van der Waals surface area contributed by atoms with Crippen LogP contribution in [0.15, 0.2) is 24.3 Å². The number of halogens is 3. The first-order valence-corrected chi connectivity index (χ1v) is 9.05. The van der Waals surface area contributed by atoms with Crippen LogP contribution in [0, 0.1) is 0 Å². The molecule has 3 rings (SSSR count). The number of hydrogen-bond donors (Lipinski definition) is 1. The van der Waals surface area contributed by atoms with Crippen LogP contribution in [0.25, 0.3) is 11.3 Å². The van der Waals surface area contributed by atoms with Gasteiger partial charge in [-0.3, -0.25) is 9.89 Å². The van der Waals surface area contributed by atoms with Crippen LogP contribution in [0.5, 0.6) is 11.5 Å². The standard InChI is InChI=1S/C19H22F3N3O4/c1-27-13-3-4-17(28-2)14(9-13)15-10-16(24-23-15)18(26)25(11-19(20,21)22)12-5-7-29-8-6-12/h3-4,9-10,12H,5-8,11H2,1-2H3,(H,23,24). The second-order valence-corrected chi connectivity index (χ2v) is 6.62. The highest BCUT2D eigenvalue weighted by molar-refractivity contribution is 5.94. The fraction of sp³-hybridized carbons (Fsp3) is 0.474. The van der Waals surface area contributed by atoms with Crippen LogP contribution in [0.4, 0.5) is 13.2 Å². The first kappa shape index (κ1) is 21.0. The summed E-state index contributed by atoms with van der Waals surface area (Å²) in [6.07, 6.45) is -3.80. The minimum Gasteiger partial charge on any atom is -0.497 e. The number of nitrogens with zero attached hydrogens (tertiary/aromatic N) is 2. The quantitative estimate of drug-likeness (QED) is 0.787. The van der Waals surface area contributed by atoms with Crippen molar-refractivity contribution in [3.05, 3.63) is 30.0 Å². The summed E-state index contributed by atoms with van der Waals surface area (Å²) in [4.78, 5) is 13.8. The van der Waals surface area contributed by atoms with Gasteiger partial charge in [0.25, 0.3) is 5.91 Å². The molecule has 1 aromatic heterocycles. The number of rotatable bonds is 6. The average molecular weight is 413 g/mol. The van der Waals surface area contributed by atoms with Gasteiger partial charge in [0.2, 0.25) is 0 Å². The number of amides is 1. The molecule has 0 unspecified atom stereocenters. The number of carbonyl (C=O) groups is 1. The average Bonchev–Trinajstić information content (AvgIpc) is 3.21. The van der Waals surface area contributed by atoms with Crippen LogP contribution in [0.2, 0.25) is 0 Å². The Morgan fingerprint density at radius 2 is 1.97 bits per heavy atom. The Labute approximate surface area is 165 Å². The van der Waals surface area contributed by atoms with E-state index in [4.69, 9.17) is 14.2 Å². The lowest BCUT2D eigenvalue weighted by Gasteiger charge is -2.34. The lowest BCUT2D eigenvalue weighted by atomic mass is 10.1. The number of carbonyl (C=O) groups excluding carboxylic acids is 1. The molecule has 1 aliphatic rings. The van der Waals surface area contributed by atoms with Gasteiger partial charge >= 0.3 is 6.18 Å². The Balaban J connectivity index is 1.90. The van der Waals surface area contributed by atoms with Crippen molar-refractivity contribution in [2.24, 2.45) is 0 Å². The highest BCUT2D eigenvalue weighted by atomic mass is 19.4. The largest absolute Gasteiger partial charge is 0.497 e. The molecule has 0 radical (unpaired) electrons. The predicted octanol–water partition coefficient (Wildman–Crippen LogP) is 3.28. The fourth-order valence-electron chi connectivity index (χ4n) is 3.29. The van der Waals surface area contributed by atoms with Crippen LogP contribution in [0.1, 0.15) is 23.3 Å². The molecular weight excluding hydrogens is 391 g/mol. The monoisotopic (exact) mass is 413 g/mol. The topological polar surface area (TPSA) is 76.7 Å². The van der Waals surface area contributed by atoms with Crippen molar-refractivity contribution in [3.63, 3.8) is 0 Å². The second kappa shape index (κ2) is 8.73. The van der Waals surface area contributed by atoms with Crippen LogP contribution in [0.3, 0.4) is 0 Å². The summed E-state index contributed by atoms with van der Waals surface area (Å²) >= 11 is 0. The highest BCUT2D eigenvalue weighted by Crippen LogP contribution is 2.33. The number of H-pyrrole nitrogens is 1. The Hall–Kier alpha value is -2.75. The molecule has 0 atom stereocenters.